The van der Waals surface area contributed by atoms with Gasteiger partial charge < -0.3 is 10.6 Å². The van der Waals surface area contributed by atoms with Crippen molar-refractivity contribution >= 4 is 46.9 Å². The van der Waals surface area contributed by atoms with Gasteiger partial charge in [0, 0.05) is 21.5 Å². The largest absolute Gasteiger partial charge is 0.349 e. The van der Waals surface area contributed by atoms with Crippen molar-refractivity contribution in [2.45, 2.75) is 49.5 Å². The number of halogens is 1. The van der Waals surface area contributed by atoms with Gasteiger partial charge in [0.1, 0.15) is 0 Å². The number of amides is 2. The van der Waals surface area contributed by atoms with E-state index in [1.54, 1.807) is 12.1 Å². The Bertz CT molecular complexity index is 965. The van der Waals surface area contributed by atoms with Crippen molar-refractivity contribution in [3.05, 3.63) is 63.5 Å². The summed E-state index contributed by atoms with van der Waals surface area (Å²) in [5.74, 6) is -0.247. The first-order valence-electron chi connectivity index (χ1n) is 10.00. The molecule has 0 aromatic heterocycles. The first-order chi connectivity index (χ1) is 14.1. The summed E-state index contributed by atoms with van der Waals surface area (Å²) in [6.07, 6.45) is 8.75. The van der Waals surface area contributed by atoms with E-state index in [4.69, 9.17) is 11.6 Å². The minimum atomic E-state index is -0.177. The van der Waals surface area contributed by atoms with Crippen LogP contribution in [0.5, 0.6) is 0 Å². The summed E-state index contributed by atoms with van der Waals surface area (Å²) in [5.41, 5.74) is 2.13. The van der Waals surface area contributed by atoms with Crippen molar-refractivity contribution in [1.29, 1.82) is 0 Å². The Labute approximate surface area is 180 Å². The zero-order valence-corrected chi connectivity index (χ0v) is 17.6. The maximum absolute atomic E-state index is 12.7. The van der Waals surface area contributed by atoms with Crippen molar-refractivity contribution in [2.24, 2.45) is 0 Å². The molecule has 0 atom stereocenters. The van der Waals surface area contributed by atoms with Gasteiger partial charge in [-0.15, -0.1) is 0 Å². The highest BCUT2D eigenvalue weighted by Crippen LogP contribution is 2.39. The van der Waals surface area contributed by atoms with Gasteiger partial charge in [0.25, 0.3) is 11.8 Å². The molecule has 150 valence electrons. The molecule has 2 N–H and O–H groups in total. The molecule has 0 saturated heterocycles. The van der Waals surface area contributed by atoms with E-state index in [0.29, 0.717) is 21.2 Å². The number of thioether (sulfide) groups is 1. The second-order valence-electron chi connectivity index (χ2n) is 7.49. The van der Waals surface area contributed by atoms with Crippen molar-refractivity contribution < 1.29 is 9.59 Å². The third-order valence-electron chi connectivity index (χ3n) is 5.27. The summed E-state index contributed by atoms with van der Waals surface area (Å²) in [5, 5.41) is 6.70. The Kier molecular flexibility index (Phi) is 6.26. The van der Waals surface area contributed by atoms with Gasteiger partial charge >= 0.3 is 0 Å². The molecule has 1 aliphatic carbocycles. The molecule has 4 nitrogen and oxygen atoms in total. The van der Waals surface area contributed by atoms with Crippen LogP contribution in [-0.2, 0) is 4.79 Å². The number of carbonyl (C=O) groups excluding carboxylic acids is 2. The van der Waals surface area contributed by atoms with Crippen LogP contribution in [0.1, 0.15) is 54.4 Å². The highest BCUT2D eigenvalue weighted by molar-refractivity contribution is 8.04. The average Bonchev–Trinajstić information content (AvgIpc) is 2.97. The lowest BCUT2D eigenvalue weighted by atomic mass is 10.1. The summed E-state index contributed by atoms with van der Waals surface area (Å²) in [6, 6.07) is 13.1. The summed E-state index contributed by atoms with van der Waals surface area (Å²) >= 11 is 7.43. The lowest BCUT2D eigenvalue weighted by Crippen LogP contribution is -2.34. The minimum absolute atomic E-state index is 0.0702. The number of rotatable bonds is 3. The molecule has 0 bridgehead atoms. The number of fused-ring (bicyclic) bond motifs is 1. The van der Waals surface area contributed by atoms with E-state index in [0.717, 1.165) is 23.3 Å². The maximum Gasteiger partial charge on any atom is 0.262 e. The molecule has 2 aromatic rings. The molecule has 29 heavy (non-hydrogen) atoms. The molecule has 1 saturated carbocycles. The lowest BCUT2D eigenvalue weighted by molar-refractivity contribution is -0.112. The number of nitrogens with one attached hydrogen (secondary N) is 2. The van der Waals surface area contributed by atoms with Gasteiger partial charge in [-0.2, -0.15) is 0 Å². The second kappa shape index (κ2) is 9.06. The fourth-order valence-electron chi connectivity index (χ4n) is 3.74. The molecular weight excluding hydrogens is 404 g/mol. The predicted octanol–water partition coefficient (Wildman–Crippen LogP) is 5.88. The Morgan fingerprint density at radius 1 is 1.10 bits per heavy atom. The molecule has 2 amide bonds. The number of carbonyl (C=O) groups is 2. The highest BCUT2D eigenvalue weighted by Gasteiger charge is 2.23. The van der Waals surface area contributed by atoms with Gasteiger partial charge in [0.2, 0.25) is 0 Å². The number of hydrogen-bond acceptors (Lipinski definition) is 3. The van der Waals surface area contributed by atoms with Gasteiger partial charge in [0.15, 0.2) is 0 Å². The molecule has 6 heteroatoms. The van der Waals surface area contributed by atoms with Gasteiger partial charge in [-0.3, -0.25) is 9.59 Å². The van der Waals surface area contributed by atoms with Crippen LogP contribution >= 0.6 is 23.4 Å². The Morgan fingerprint density at radius 3 is 2.66 bits per heavy atom. The normalized spacial score (nSPS) is 18.7. The van der Waals surface area contributed by atoms with Gasteiger partial charge in [0.05, 0.1) is 10.6 Å². The van der Waals surface area contributed by atoms with Gasteiger partial charge in [-0.1, -0.05) is 61.2 Å². The van der Waals surface area contributed by atoms with Crippen LogP contribution in [-0.4, -0.2) is 17.9 Å². The van der Waals surface area contributed by atoms with Crippen molar-refractivity contribution in [1.82, 2.24) is 5.32 Å². The Balaban J connectivity index is 1.49. The van der Waals surface area contributed by atoms with Crippen LogP contribution in [0.4, 0.5) is 5.69 Å². The zero-order valence-electron chi connectivity index (χ0n) is 16.0. The fourth-order valence-corrected chi connectivity index (χ4v) is 4.87. The van der Waals surface area contributed by atoms with E-state index in [1.807, 2.05) is 36.4 Å². The minimum Gasteiger partial charge on any atom is -0.349 e. The lowest BCUT2D eigenvalue weighted by Gasteiger charge is -2.20. The van der Waals surface area contributed by atoms with E-state index in [1.165, 1.54) is 37.4 Å². The van der Waals surface area contributed by atoms with Crippen molar-refractivity contribution in [3.63, 3.8) is 0 Å². The quantitative estimate of drug-likeness (QED) is 0.476. The monoisotopic (exact) mass is 426 g/mol. The number of anilines is 1. The summed E-state index contributed by atoms with van der Waals surface area (Å²) < 4.78 is 0. The standard InChI is InChI=1S/C23H23ClN2O2S/c24-17-7-5-6-15(12-17)13-21-23(28)26-19-14-16(10-11-20(19)29-21)22(27)25-18-8-3-1-2-4-9-18/h5-7,10-14,18H,1-4,8-9H2,(H,25,27)(H,26,28)/b21-13+. The predicted molar refractivity (Wildman–Crippen MR) is 119 cm³/mol. The van der Waals surface area contributed by atoms with E-state index < -0.39 is 0 Å². The molecule has 1 aliphatic heterocycles. The summed E-state index contributed by atoms with van der Waals surface area (Å²) in [7, 11) is 0. The zero-order chi connectivity index (χ0) is 20.2. The maximum atomic E-state index is 12.7. The second-order valence-corrected chi connectivity index (χ2v) is 9.01. The molecular formula is C23H23ClN2O2S. The highest BCUT2D eigenvalue weighted by atomic mass is 35.5. The van der Waals surface area contributed by atoms with Crippen molar-refractivity contribution in [2.75, 3.05) is 5.32 Å². The van der Waals surface area contributed by atoms with Crippen LogP contribution in [0.25, 0.3) is 6.08 Å². The van der Waals surface area contributed by atoms with Crippen LogP contribution in [0.15, 0.2) is 52.3 Å². The molecule has 1 heterocycles. The molecule has 2 aliphatic rings. The third-order valence-corrected chi connectivity index (χ3v) is 6.60. The van der Waals surface area contributed by atoms with Crippen LogP contribution in [0, 0.1) is 0 Å². The van der Waals surface area contributed by atoms with Crippen LogP contribution in [0.3, 0.4) is 0 Å². The number of benzene rings is 2. The molecule has 0 unspecified atom stereocenters. The summed E-state index contributed by atoms with van der Waals surface area (Å²) in [4.78, 5) is 26.7. The van der Waals surface area contributed by atoms with Gasteiger partial charge in [-0.05, 0) is 54.8 Å². The topological polar surface area (TPSA) is 58.2 Å². The smallest absolute Gasteiger partial charge is 0.262 e. The summed E-state index contributed by atoms with van der Waals surface area (Å²) in [6.45, 7) is 0. The molecule has 4 rings (SSSR count). The molecule has 1 fully saturated rings. The fraction of sp³-hybridized carbons (Fsp3) is 0.304. The number of hydrogen-bond donors (Lipinski definition) is 2. The van der Waals surface area contributed by atoms with Gasteiger partial charge in [-0.25, -0.2) is 0 Å². The van der Waals surface area contributed by atoms with Crippen LogP contribution in [0.2, 0.25) is 5.02 Å². The molecule has 0 spiro atoms. The van der Waals surface area contributed by atoms with E-state index >= 15 is 0 Å². The third kappa shape index (κ3) is 5.03. The SMILES string of the molecule is O=C1Nc2cc(C(=O)NC3CCCCCC3)ccc2S/C1=C/c1cccc(Cl)c1. The van der Waals surface area contributed by atoms with Crippen molar-refractivity contribution in [3.8, 4) is 0 Å². The first kappa shape index (κ1) is 20.0. The van der Waals surface area contributed by atoms with E-state index in [9.17, 15) is 9.59 Å². The average molecular weight is 427 g/mol. The Morgan fingerprint density at radius 2 is 1.90 bits per heavy atom. The van der Waals surface area contributed by atoms with E-state index in [-0.39, 0.29) is 17.9 Å². The molecule has 0 radical (unpaired) electrons. The van der Waals surface area contributed by atoms with Crippen LogP contribution < -0.4 is 10.6 Å². The van der Waals surface area contributed by atoms with E-state index in [2.05, 4.69) is 10.6 Å². The Hall–Kier alpha value is -2.24. The first-order valence-corrected chi connectivity index (χ1v) is 11.2. The molecule has 2 aromatic carbocycles.